The van der Waals surface area contributed by atoms with E-state index >= 15 is 0 Å². The molecule has 2 heterocycles. The second-order valence-corrected chi connectivity index (χ2v) is 6.88. The van der Waals surface area contributed by atoms with Crippen LogP contribution in [-0.4, -0.2) is 53.1 Å². The van der Waals surface area contributed by atoms with Gasteiger partial charge in [0.05, 0.1) is 17.6 Å². The summed E-state index contributed by atoms with van der Waals surface area (Å²) < 4.78 is 7.70. The van der Waals surface area contributed by atoms with Crippen molar-refractivity contribution in [1.82, 2.24) is 14.5 Å². The van der Waals surface area contributed by atoms with Crippen LogP contribution in [0.3, 0.4) is 0 Å². The number of ether oxygens (including phenoxy) is 1. The number of rotatable bonds is 5. The third kappa shape index (κ3) is 3.42. The number of nitrogens with zero attached hydrogens (tertiary/aromatic N) is 4. The topological polar surface area (TPSA) is 50.6 Å². The van der Waals surface area contributed by atoms with Crippen molar-refractivity contribution < 1.29 is 9.53 Å². The Labute approximate surface area is 165 Å². The van der Waals surface area contributed by atoms with Crippen LogP contribution in [0.1, 0.15) is 24.2 Å². The minimum Gasteiger partial charge on any atom is -0.494 e. The number of hydrogen-bond donors (Lipinski definition) is 0. The number of aryl methyl sites for hydroxylation is 1. The Hall–Kier alpha value is -3.02. The normalized spacial score (nSPS) is 14.5. The second-order valence-electron chi connectivity index (χ2n) is 6.88. The zero-order valence-corrected chi connectivity index (χ0v) is 16.5. The molecule has 0 unspecified atom stereocenters. The predicted molar refractivity (Wildman–Crippen MR) is 111 cm³/mol. The lowest BCUT2D eigenvalue weighted by atomic mass is 10.1. The minimum absolute atomic E-state index is 0.0756. The van der Waals surface area contributed by atoms with Gasteiger partial charge in [-0.05, 0) is 50.2 Å². The van der Waals surface area contributed by atoms with E-state index in [1.807, 2.05) is 48.2 Å². The number of carbonyl (C=O) groups excluding carboxylic acids is 1. The lowest BCUT2D eigenvalue weighted by Gasteiger charge is -2.35. The number of fused-ring (bicyclic) bond motifs is 1. The SMILES string of the molecule is CCOc1ccc(C(=O)N2CCN(c3nc4ccccc4n3CC)CC2)cc1. The Morgan fingerprint density at radius 2 is 1.71 bits per heavy atom. The van der Waals surface area contributed by atoms with Crippen LogP contribution >= 0.6 is 0 Å². The molecule has 3 aromatic rings. The van der Waals surface area contributed by atoms with E-state index in [-0.39, 0.29) is 5.91 Å². The summed E-state index contributed by atoms with van der Waals surface area (Å²) in [5, 5.41) is 0. The average molecular weight is 378 g/mol. The Morgan fingerprint density at radius 3 is 2.39 bits per heavy atom. The van der Waals surface area contributed by atoms with Crippen LogP contribution in [0.2, 0.25) is 0 Å². The zero-order valence-electron chi connectivity index (χ0n) is 16.5. The van der Waals surface area contributed by atoms with Crippen LogP contribution in [0, 0.1) is 0 Å². The summed E-state index contributed by atoms with van der Waals surface area (Å²) >= 11 is 0. The third-order valence-corrected chi connectivity index (χ3v) is 5.21. The first-order valence-electron chi connectivity index (χ1n) is 9.93. The first-order valence-corrected chi connectivity index (χ1v) is 9.93. The van der Waals surface area contributed by atoms with Crippen LogP contribution in [0.5, 0.6) is 5.75 Å². The number of para-hydroxylation sites is 2. The monoisotopic (exact) mass is 378 g/mol. The molecule has 0 bridgehead atoms. The van der Waals surface area contributed by atoms with Crippen LogP contribution < -0.4 is 9.64 Å². The fourth-order valence-electron chi connectivity index (χ4n) is 3.77. The molecule has 1 aliphatic heterocycles. The van der Waals surface area contributed by atoms with Gasteiger partial charge in [-0.1, -0.05) is 12.1 Å². The molecule has 0 spiro atoms. The van der Waals surface area contributed by atoms with Gasteiger partial charge in [-0.2, -0.15) is 0 Å². The highest BCUT2D eigenvalue weighted by atomic mass is 16.5. The molecule has 1 fully saturated rings. The number of benzene rings is 2. The Bertz CT molecular complexity index is 956. The van der Waals surface area contributed by atoms with E-state index < -0.39 is 0 Å². The Balaban J connectivity index is 1.45. The predicted octanol–water partition coefficient (Wildman–Crippen LogP) is 3.42. The number of aromatic nitrogens is 2. The Morgan fingerprint density at radius 1 is 1.00 bits per heavy atom. The molecule has 0 atom stereocenters. The molecule has 1 aromatic heterocycles. The van der Waals surface area contributed by atoms with E-state index in [9.17, 15) is 4.79 Å². The average Bonchev–Trinajstić information content (AvgIpc) is 3.13. The fraction of sp³-hybridized carbons (Fsp3) is 0.364. The molecule has 4 rings (SSSR count). The van der Waals surface area contributed by atoms with Crippen molar-refractivity contribution in [3.8, 4) is 5.75 Å². The van der Waals surface area contributed by atoms with Crippen molar-refractivity contribution in [3.63, 3.8) is 0 Å². The summed E-state index contributed by atoms with van der Waals surface area (Å²) in [7, 11) is 0. The highest BCUT2D eigenvalue weighted by Gasteiger charge is 2.25. The van der Waals surface area contributed by atoms with Gasteiger partial charge in [-0.25, -0.2) is 4.98 Å². The van der Waals surface area contributed by atoms with Crippen LogP contribution in [0.25, 0.3) is 11.0 Å². The van der Waals surface area contributed by atoms with Gasteiger partial charge in [0.15, 0.2) is 0 Å². The molecule has 1 amide bonds. The molecule has 6 heteroatoms. The molecule has 2 aromatic carbocycles. The van der Waals surface area contributed by atoms with Crippen LogP contribution in [-0.2, 0) is 6.54 Å². The maximum atomic E-state index is 12.8. The van der Waals surface area contributed by atoms with Gasteiger partial charge in [0.2, 0.25) is 5.95 Å². The van der Waals surface area contributed by atoms with E-state index in [1.165, 1.54) is 0 Å². The second kappa shape index (κ2) is 7.92. The van der Waals surface area contributed by atoms with E-state index in [4.69, 9.17) is 9.72 Å². The largest absolute Gasteiger partial charge is 0.494 e. The standard InChI is InChI=1S/C22H26N4O2/c1-3-26-20-8-6-5-7-19(20)23-22(26)25-15-13-24(14-16-25)21(27)17-9-11-18(12-10-17)28-4-2/h5-12H,3-4,13-16H2,1-2H3. The number of hydrogen-bond acceptors (Lipinski definition) is 4. The van der Waals surface area contributed by atoms with E-state index in [0.29, 0.717) is 25.3 Å². The number of anilines is 1. The molecular weight excluding hydrogens is 352 g/mol. The van der Waals surface area contributed by atoms with Gasteiger partial charge < -0.3 is 19.1 Å². The van der Waals surface area contributed by atoms with E-state index in [0.717, 1.165) is 42.4 Å². The summed E-state index contributed by atoms with van der Waals surface area (Å²) in [6.07, 6.45) is 0. The van der Waals surface area contributed by atoms with Gasteiger partial charge in [0.25, 0.3) is 5.91 Å². The first kappa shape index (κ1) is 18.3. The smallest absolute Gasteiger partial charge is 0.253 e. The van der Waals surface area contributed by atoms with Crippen LogP contribution in [0.4, 0.5) is 5.95 Å². The maximum absolute atomic E-state index is 12.8. The van der Waals surface area contributed by atoms with E-state index in [1.54, 1.807) is 0 Å². The maximum Gasteiger partial charge on any atom is 0.253 e. The number of carbonyl (C=O) groups is 1. The number of amides is 1. The first-order chi connectivity index (χ1) is 13.7. The van der Waals surface area contributed by atoms with E-state index in [2.05, 4.69) is 28.5 Å². The summed E-state index contributed by atoms with van der Waals surface area (Å²) in [5.41, 5.74) is 2.89. The molecule has 146 valence electrons. The molecule has 1 aliphatic rings. The molecule has 6 nitrogen and oxygen atoms in total. The molecule has 28 heavy (non-hydrogen) atoms. The van der Waals surface area contributed by atoms with Crippen molar-refractivity contribution in [2.24, 2.45) is 0 Å². The molecule has 1 saturated heterocycles. The molecule has 0 saturated carbocycles. The Kier molecular flexibility index (Phi) is 5.19. The number of imidazole rings is 1. The van der Waals surface area contributed by atoms with Crippen molar-refractivity contribution in [1.29, 1.82) is 0 Å². The highest BCUT2D eigenvalue weighted by Crippen LogP contribution is 2.24. The van der Waals surface area contributed by atoms with Crippen molar-refractivity contribution in [2.45, 2.75) is 20.4 Å². The molecule has 0 aliphatic carbocycles. The van der Waals surface area contributed by atoms with Gasteiger partial charge >= 0.3 is 0 Å². The van der Waals surface area contributed by atoms with Gasteiger partial charge in [-0.15, -0.1) is 0 Å². The lowest BCUT2D eigenvalue weighted by molar-refractivity contribution is 0.0746. The summed E-state index contributed by atoms with van der Waals surface area (Å²) in [4.78, 5) is 21.9. The lowest BCUT2D eigenvalue weighted by Crippen LogP contribution is -2.49. The minimum atomic E-state index is 0.0756. The number of piperazine rings is 1. The van der Waals surface area contributed by atoms with Crippen LogP contribution in [0.15, 0.2) is 48.5 Å². The van der Waals surface area contributed by atoms with Crippen molar-refractivity contribution in [3.05, 3.63) is 54.1 Å². The van der Waals surface area contributed by atoms with Gasteiger partial charge in [-0.3, -0.25) is 4.79 Å². The van der Waals surface area contributed by atoms with Gasteiger partial charge in [0, 0.05) is 38.3 Å². The van der Waals surface area contributed by atoms with Gasteiger partial charge in [0.1, 0.15) is 5.75 Å². The van der Waals surface area contributed by atoms with Crippen molar-refractivity contribution >= 4 is 22.9 Å². The molecule has 0 radical (unpaired) electrons. The third-order valence-electron chi connectivity index (χ3n) is 5.21. The quantitative estimate of drug-likeness (QED) is 0.683. The highest BCUT2D eigenvalue weighted by molar-refractivity contribution is 5.94. The summed E-state index contributed by atoms with van der Waals surface area (Å²) in [6.45, 7) is 8.55. The summed E-state index contributed by atoms with van der Waals surface area (Å²) in [5.74, 6) is 1.87. The molecule has 0 N–H and O–H groups in total. The van der Waals surface area contributed by atoms with Crippen molar-refractivity contribution in [2.75, 3.05) is 37.7 Å². The zero-order chi connectivity index (χ0) is 19.5. The fourth-order valence-corrected chi connectivity index (χ4v) is 3.77. The molecular formula is C22H26N4O2. The summed E-state index contributed by atoms with van der Waals surface area (Å²) in [6, 6.07) is 15.6.